The van der Waals surface area contributed by atoms with Gasteiger partial charge in [0.05, 0.1) is 29.4 Å². The number of aryl methyl sites for hydroxylation is 2. The van der Waals surface area contributed by atoms with Gasteiger partial charge in [0.1, 0.15) is 18.1 Å². The molecule has 2 heterocycles. The molecule has 1 aliphatic heterocycles. The highest BCUT2D eigenvalue weighted by Gasteiger charge is 2.26. The zero-order valence-electron chi connectivity index (χ0n) is 15.2. The number of piperidine rings is 1. The average molecular weight is 380 g/mol. The summed E-state index contributed by atoms with van der Waals surface area (Å²) in [6.07, 6.45) is 1.73. The lowest BCUT2D eigenvalue weighted by Gasteiger charge is -2.30. The van der Waals surface area contributed by atoms with Crippen molar-refractivity contribution in [3.8, 4) is 0 Å². The maximum atomic E-state index is 14.0. The molecule has 0 radical (unpaired) electrons. The van der Waals surface area contributed by atoms with E-state index in [2.05, 4.69) is 10.4 Å². The van der Waals surface area contributed by atoms with E-state index in [0.29, 0.717) is 29.4 Å². The quantitative estimate of drug-likeness (QED) is 0.834. The van der Waals surface area contributed by atoms with Gasteiger partial charge in [0.15, 0.2) is 0 Å². The molecular formula is C19H25ClFN4O+. The predicted molar refractivity (Wildman–Crippen MR) is 98.9 cm³/mol. The first kappa shape index (κ1) is 18.9. The second-order valence-electron chi connectivity index (χ2n) is 6.86. The maximum Gasteiger partial charge on any atom is 0.269 e. The van der Waals surface area contributed by atoms with Crippen LogP contribution in [0.5, 0.6) is 0 Å². The number of nitrogens with one attached hydrogen (secondary N) is 2. The molecule has 1 saturated heterocycles. The molecule has 140 valence electrons. The van der Waals surface area contributed by atoms with Gasteiger partial charge in [-0.05, 0) is 32.0 Å². The Morgan fingerprint density at radius 2 is 2.15 bits per heavy atom. The first-order valence-electron chi connectivity index (χ1n) is 9.09. The van der Waals surface area contributed by atoms with Crippen molar-refractivity contribution in [2.24, 2.45) is 0 Å². The van der Waals surface area contributed by atoms with Crippen molar-refractivity contribution in [2.75, 3.05) is 13.1 Å². The smallest absolute Gasteiger partial charge is 0.269 e. The molecule has 1 aromatic carbocycles. The number of benzene rings is 1. The third-order valence-electron chi connectivity index (χ3n) is 4.95. The fraction of sp³-hybridized carbons (Fsp3) is 0.474. The highest BCUT2D eigenvalue weighted by atomic mass is 35.5. The van der Waals surface area contributed by atoms with Crippen LogP contribution >= 0.6 is 11.6 Å². The van der Waals surface area contributed by atoms with Gasteiger partial charge < -0.3 is 10.2 Å². The zero-order valence-corrected chi connectivity index (χ0v) is 15.9. The fourth-order valence-corrected chi connectivity index (χ4v) is 3.76. The Hall–Kier alpha value is -1.92. The summed E-state index contributed by atoms with van der Waals surface area (Å²) in [6, 6.07) is 6.76. The van der Waals surface area contributed by atoms with Crippen molar-refractivity contribution in [2.45, 2.75) is 45.8 Å². The van der Waals surface area contributed by atoms with Crippen molar-refractivity contribution < 1.29 is 14.1 Å². The third-order valence-corrected chi connectivity index (χ3v) is 5.30. The van der Waals surface area contributed by atoms with Gasteiger partial charge in [-0.25, -0.2) is 4.39 Å². The summed E-state index contributed by atoms with van der Waals surface area (Å²) in [4.78, 5) is 13.8. The number of carbonyl (C=O) groups is 1. The van der Waals surface area contributed by atoms with Gasteiger partial charge in [0, 0.05) is 25.4 Å². The number of hydrogen-bond donors (Lipinski definition) is 2. The Kier molecular flexibility index (Phi) is 5.94. The van der Waals surface area contributed by atoms with E-state index in [4.69, 9.17) is 11.6 Å². The molecule has 0 saturated carbocycles. The number of aromatic nitrogens is 2. The standard InChI is InChI=1S/C19H24ClFN4O/c1-3-25-18(11-13(2)23-25)19(26)22-14-7-9-24(10-8-14)12-15-16(20)5-4-6-17(15)21/h4-6,11,14H,3,7-10,12H2,1-2H3,(H,22,26)/p+1. The molecule has 0 bridgehead atoms. The molecule has 2 aromatic rings. The van der Waals surface area contributed by atoms with E-state index in [-0.39, 0.29) is 17.8 Å². The highest BCUT2D eigenvalue weighted by Crippen LogP contribution is 2.18. The van der Waals surface area contributed by atoms with Crippen LogP contribution in [0.4, 0.5) is 4.39 Å². The summed E-state index contributed by atoms with van der Waals surface area (Å²) < 4.78 is 15.7. The number of amides is 1. The summed E-state index contributed by atoms with van der Waals surface area (Å²) in [7, 11) is 0. The lowest BCUT2D eigenvalue weighted by molar-refractivity contribution is -0.919. The number of nitrogens with zero attached hydrogens (tertiary/aromatic N) is 2. The van der Waals surface area contributed by atoms with Crippen LogP contribution in [0.25, 0.3) is 0 Å². The largest absolute Gasteiger partial charge is 0.348 e. The Balaban J connectivity index is 1.54. The van der Waals surface area contributed by atoms with Crippen molar-refractivity contribution in [1.29, 1.82) is 0 Å². The second-order valence-corrected chi connectivity index (χ2v) is 7.27. The van der Waals surface area contributed by atoms with Gasteiger partial charge in [-0.2, -0.15) is 5.10 Å². The van der Waals surface area contributed by atoms with Crippen molar-refractivity contribution in [3.05, 3.63) is 52.1 Å². The van der Waals surface area contributed by atoms with Crippen LogP contribution in [0.2, 0.25) is 5.02 Å². The molecule has 7 heteroatoms. The number of quaternary nitrogens is 1. The molecule has 0 aliphatic carbocycles. The molecule has 0 atom stereocenters. The summed E-state index contributed by atoms with van der Waals surface area (Å²) >= 11 is 6.13. The average Bonchev–Trinajstić information content (AvgIpc) is 3.01. The zero-order chi connectivity index (χ0) is 18.7. The molecule has 3 rings (SSSR count). The Bertz CT molecular complexity index is 764. The van der Waals surface area contributed by atoms with Gasteiger partial charge in [0.25, 0.3) is 5.91 Å². The molecule has 1 amide bonds. The number of likely N-dealkylation sites (tertiary alicyclic amines) is 1. The first-order valence-corrected chi connectivity index (χ1v) is 9.47. The number of hydrogen-bond acceptors (Lipinski definition) is 2. The second kappa shape index (κ2) is 8.18. The van der Waals surface area contributed by atoms with E-state index < -0.39 is 0 Å². The first-order chi connectivity index (χ1) is 12.5. The summed E-state index contributed by atoms with van der Waals surface area (Å²) in [6.45, 7) is 6.86. The Morgan fingerprint density at radius 3 is 2.81 bits per heavy atom. The van der Waals surface area contributed by atoms with Crippen molar-refractivity contribution in [3.63, 3.8) is 0 Å². The topological polar surface area (TPSA) is 51.4 Å². The van der Waals surface area contributed by atoms with Gasteiger partial charge >= 0.3 is 0 Å². The van der Waals surface area contributed by atoms with Crippen LogP contribution in [0, 0.1) is 12.7 Å². The molecule has 0 unspecified atom stereocenters. The minimum Gasteiger partial charge on any atom is -0.348 e. The van der Waals surface area contributed by atoms with Crippen LogP contribution in [-0.2, 0) is 13.1 Å². The van der Waals surface area contributed by atoms with Gasteiger partial charge in [0.2, 0.25) is 0 Å². The molecule has 1 aliphatic rings. The highest BCUT2D eigenvalue weighted by molar-refractivity contribution is 6.31. The van der Waals surface area contributed by atoms with Crippen molar-refractivity contribution >= 4 is 17.5 Å². The van der Waals surface area contributed by atoms with Gasteiger partial charge in [-0.15, -0.1) is 0 Å². The van der Waals surface area contributed by atoms with E-state index in [1.165, 1.54) is 11.0 Å². The summed E-state index contributed by atoms with van der Waals surface area (Å²) in [5, 5.41) is 7.92. The molecule has 1 fully saturated rings. The lowest BCUT2D eigenvalue weighted by Crippen LogP contribution is -3.12. The minimum absolute atomic E-state index is 0.0713. The molecule has 0 spiro atoms. The summed E-state index contributed by atoms with van der Waals surface area (Å²) in [5.41, 5.74) is 2.03. The molecule has 1 aromatic heterocycles. The maximum absolute atomic E-state index is 14.0. The van der Waals surface area contributed by atoms with E-state index >= 15 is 0 Å². The molecular weight excluding hydrogens is 355 g/mol. The Morgan fingerprint density at radius 1 is 1.42 bits per heavy atom. The normalized spacial score (nSPS) is 20.2. The van der Waals surface area contributed by atoms with Crippen LogP contribution in [-0.4, -0.2) is 34.8 Å². The number of rotatable bonds is 5. The van der Waals surface area contributed by atoms with Crippen LogP contribution in [0.3, 0.4) is 0 Å². The minimum atomic E-state index is -0.247. The van der Waals surface area contributed by atoms with E-state index in [1.807, 2.05) is 19.9 Å². The third kappa shape index (κ3) is 4.24. The SMILES string of the molecule is CCn1nc(C)cc1C(=O)NC1CC[NH+](Cc2c(F)cccc2Cl)CC1. The molecule has 2 N–H and O–H groups in total. The monoisotopic (exact) mass is 379 g/mol. The van der Waals surface area contributed by atoms with Gasteiger partial charge in [-0.1, -0.05) is 17.7 Å². The fourth-order valence-electron chi connectivity index (χ4n) is 3.53. The van der Waals surface area contributed by atoms with Crippen molar-refractivity contribution in [1.82, 2.24) is 15.1 Å². The van der Waals surface area contributed by atoms with E-state index in [1.54, 1.807) is 16.8 Å². The van der Waals surface area contributed by atoms with Crippen LogP contribution < -0.4 is 10.2 Å². The predicted octanol–water partition coefficient (Wildman–Crippen LogP) is 1.98. The van der Waals surface area contributed by atoms with Gasteiger partial charge in [-0.3, -0.25) is 9.48 Å². The van der Waals surface area contributed by atoms with Crippen LogP contribution in [0.15, 0.2) is 24.3 Å². The van der Waals surface area contributed by atoms with Crippen LogP contribution in [0.1, 0.15) is 41.5 Å². The molecule has 26 heavy (non-hydrogen) atoms. The van der Waals surface area contributed by atoms with E-state index in [0.717, 1.165) is 31.6 Å². The summed E-state index contributed by atoms with van der Waals surface area (Å²) in [5.74, 6) is -0.318. The number of carbonyl (C=O) groups excluding carboxylic acids is 1. The number of halogens is 2. The molecule has 5 nitrogen and oxygen atoms in total. The Labute approximate surface area is 158 Å². The lowest BCUT2D eigenvalue weighted by atomic mass is 10.0. The van der Waals surface area contributed by atoms with E-state index in [9.17, 15) is 9.18 Å².